The third-order valence-corrected chi connectivity index (χ3v) is 7.27. The zero-order valence-electron chi connectivity index (χ0n) is 9.17. The molecule has 0 aromatic rings. The molecular formula is C10H17NO3S2. The zero-order valence-corrected chi connectivity index (χ0v) is 10.8. The molecule has 0 unspecified atom stereocenters. The van der Waals surface area contributed by atoms with Gasteiger partial charge < -0.3 is 4.74 Å². The van der Waals surface area contributed by atoms with Crippen LogP contribution in [0.15, 0.2) is 0 Å². The molecule has 2 saturated heterocycles. The third kappa shape index (κ3) is 1.89. The summed E-state index contributed by atoms with van der Waals surface area (Å²) in [5.74, 6) is 0.913. The summed E-state index contributed by atoms with van der Waals surface area (Å²) in [6.07, 6.45) is 2.59. The van der Waals surface area contributed by atoms with E-state index >= 15 is 0 Å². The van der Waals surface area contributed by atoms with E-state index in [4.69, 9.17) is 4.74 Å². The van der Waals surface area contributed by atoms with Gasteiger partial charge in [0.2, 0.25) is 10.0 Å². The minimum Gasteiger partial charge on any atom is -0.380 e. The number of nitrogens with zero attached hydrogens (tertiary/aromatic N) is 1. The Hall–Kier alpha value is 0.220. The average molecular weight is 263 g/mol. The van der Waals surface area contributed by atoms with Crippen LogP contribution in [0.5, 0.6) is 0 Å². The summed E-state index contributed by atoms with van der Waals surface area (Å²) in [6, 6.07) is 0.193. The zero-order chi connectivity index (χ0) is 11.2. The molecule has 0 N–H and O–H groups in total. The molecule has 0 aromatic carbocycles. The van der Waals surface area contributed by atoms with Crippen molar-refractivity contribution in [3.8, 4) is 0 Å². The minimum absolute atomic E-state index is 0.0703. The quantitative estimate of drug-likeness (QED) is 0.735. The van der Waals surface area contributed by atoms with Crippen LogP contribution < -0.4 is 0 Å². The van der Waals surface area contributed by atoms with Crippen LogP contribution >= 0.6 is 11.8 Å². The van der Waals surface area contributed by atoms with Gasteiger partial charge in [-0.05, 0) is 19.3 Å². The van der Waals surface area contributed by atoms with Crippen molar-refractivity contribution in [2.45, 2.75) is 35.8 Å². The van der Waals surface area contributed by atoms with Gasteiger partial charge in [-0.1, -0.05) is 0 Å². The number of hydrogen-bond donors (Lipinski definition) is 0. The van der Waals surface area contributed by atoms with Crippen LogP contribution in [-0.4, -0.2) is 54.8 Å². The van der Waals surface area contributed by atoms with Crippen LogP contribution in [0.25, 0.3) is 0 Å². The third-order valence-electron chi connectivity index (χ3n) is 3.56. The summed E-state index contributed by atoms with van der Waals surface area (Å²) < 4.78 is 31.8. The molecule has 2 heterocycles. The summed E-state index contributed by atoms with van der Waals surface area (Å²) in [7, 11) is -2.99. The molecule has 4 nitrogen and oxygen atoms in total. The summed E-state index contributed by atoms with van der Waals surface area (Å²) >= 11 is 1.87. The summed E-state index contributed by atoms with van der Waals surface area (Å²) in [4.78, 5) is 0. The number of sulfonamides is 1. The van der Waals surface area contributed by atoms with Gasteiger partial charge in [0.05, 0.1) is 11.9 Å². The molecule has 3 rings (SSSR count). The fourth-order valence-electron chi connectivity index (χ4n) is 2.52. The van der Waals surface area contributed by atoms with Gasteiger partial charge in [-0.3, -0.25) is 0 Å². The predicted molar refractivity (Wildman–Crippen MR) is 64.1 cm³/mol. The Morgan fingerprint density at radius 2 is 2.06 bits per heavy atom. The predicted octanol–water partition coefficient (Wildman–Crippen LogP) is 0.685. The number of rotatable bonds is 2. The van der Waals surface area contributed by atoms with Crippen LogP contribution in [0.1, 0.15) is 19.3 Å². The van der Waals surface area contributed by atoms with E-state index in [1.165, 1.54) is 0 Å². The Labute approximate surface area is 101 Å². The van der Waals surface area contributed by atoms with Crippen molar-refractivity contribution in [1.82, 2.24) is 4.31 Å². The van der Waals surface area contributed by atoms with Gasteiger partial charge in [-0.2, -0.15) is 16.1 Å². The molecule has 92 valence electrons. The fourth-order valence-corrected chi connectivity index (χ4v) is 6.11. The van der Waals surface area contributed by atoms with Crippen molar-refractivity contribution in [3.05, 3.63) is 0 Å². The lowest BCUT2D eigenvalue weighted by molar-refractivity contribution is 0.0625. The Bertz CT molecular complexity index is 364. The molecule has 6 heteroatoms. The lowest BCUT2D eigenvalue weighted by Gasteiger charge is -2.42. The molecule has 2 atom stereocenters. The second-order valence-corrected chi connectivity index (χ2v) is 8.21. The molecule has 0 bridgehead atoms. The molecule has 0 aromatic heterocycles. The van der Waals surface area contributed by atoms with Crippen molar-refractivity contribution in [1.29, 1.82) is 0 Å². The highest BCUT2D eigenvalue weighted by molar-refractivity contribution is 8.00. The van der Waals surface area contributed by atoms with Crippen molar-refractivity contribution in [3.63, 3.8) is 0 Å². The highest BCUT2D eigenvalue weighted by Gasteiger charge is 2.46. The molecule has 0 radical (unpaired) electrons. The van der Waals surface area contributed by atoms with Gasteiger partial charge in [-0.15, -0.1) is 0 Å². The van der Waals surface area contributed by atoms with Gasteiger partial charge in [0.1, 0.15) is 0 Å². The van der Waals surface area contributed by atoms with E-state index in [1.807, 2.05) is 11.8 Å². The molecule has 3 fully saturated rings. The summed E-state index contributed by atoms with van der Waals surface area (Å²) in [6.45, 7) is 2.12. The topological polar surface area (TPSA) is 46.6 Å². The normalized spacial score (nSPS) is 37.0. The first-order valence-electron chi connectivity index (χ1n) is 5.89. The van der Waals surface area contributed by atoms with E-state index in [1.54, 1.807) is 4.31 Å². The minimum atomic E-state index is -2.99. The molecule has 1 saturated carbocycles. The largest absolute Gasteiger partial charge is 0.380 e. The maximum Gasteiger partial charge on any atom is 0.217 e. The van der Waals surface area contributed by atoms with Gasteiger partial charge in [0, 0.05) is 30.2 Å². The van der Waals surface area contributed by atoms with E-state index in [0.717, 1.165) is 25.0 Å². The molecule has 1 aliphatic carbocycles. The van der Waals surface area contributed by atoms with Crippen LogP contribution in [0.3, 0.4) is 0 Å². The number of ether oxygens (including phenoxy) is 1. The maximum absolute atomic E-state index is 12.3. The fraction of sp³-hybridized carbons (Fsp3) is 1.00. The van der Waals surface area contributed by atoms with E-state index in [9.17, 15) is 8.42 Å². The second kappa shape index (κ2) is 4.15. The van der Waals surface area contributed by atoms with Crippen LogP contribution in [0, 0.1) is 0 Å². The van der Waals surface area contributed by atoms with Crippen LogP contribution in [0.2, 0.25) is 0 Å². The first-order valence-corrected chi connectivity index (χ1v) is 8.45. The van der Waals surface area contributed by atoms with Crippen LogP contribution in [0.4, 0.5) is 0 Å². The van der Waals surface area contributed by atoms with E-state index in [0.29, 0.717) is 25.0 Å². The Balaban J connectivity index is 1.82. The molecular weight excluding hydrogens is 246 g/mol. The van der Waals surface area contributed by atoms with Crippen LogP contribution in [-0.2, 0) is 14.8 Å². The van der Waals surface area contributed by atoms with Crippen molar-refractivity contribution in [2.24, 2.45) is 0 Å². The first kappa shape index (κ1) is 11.3. The smallest absolute Gasteiger partial charge is 0.217 e. The highest BCUT2D eigenvalue weighted by Crippen LogP contribution is 2.37. The first-order chi connectivity index (χ1) is 7.69. The molecule has 3 aliphatic rings. The summed E-state index contributed by atoms with van der Waals surface area (Å²) in [5, 5.41) is 0.287. The summed E-state index contributed by atoms with van der Waals surface area (Å²) in [5.41, 5.74) is 0. The van der Waals surface area contributed by atoms with Gasteiger partial charge in [0.15, 0.2) is 0 Å². The van der Waals surface area contributed by atoms with Gasteiger partial charge in [-0.25, -0.2) is 8.42 Å². The monoisotopic (exact) mass is 263 g/mol. The number of fused-ring (bicyclic) bond motifs is 1. The van der Waals surface area contributed by atoms with Gasteiger partial charge in [0.25, 0.3) is 0 Å². The Kier molecular flexibility index (Phi) is 2.94. The van der Waals surface area contributed by atoms with E-state index in [-0.39, 0.29) is 11.3 Å². The second-order valence-electron chi connectivity index (χ2n) is 4.70. The van der Waals surface area contributed by atoms with E-state index < -0.39 is 10.0 Å². The number of thioether (sulfide) groups is 1. The average Bonchev–Trinajstić information content (AvgIpc) is 3.12. The van der Waals surface area contributed by atoms with E-state index in [2.05, 4.69) is 0 Å². The van der Waals surface area contributed by atoms with Crippen molar-refractivity contribution >= 4 is 21.8 Å². The lowest BCUT2D eigenvalue weighted by atomic mass is 10.1. The maximum atomic E-state index is 12.3. The lowest BCUT2D eigenvalue weighted by Crippen LogP contribution is -2.54. The molecule has 0 amide bonds. The Morgan fingerprint density at radius 3 is 2.81 bits per heavy atom. The molecule has 2 aliphatic heterocycles. The number of hydrogen-bond acceptors (Lipinski definition) is 4. The van der Waals surface area contributed by atoms with Gasteiger partial charge >= 0.3 is 0 Å². The van der Waals surface area contributed by atoms with Crippen molar-refractivity contribution < 1.29 is 13.2 Å². The molecule has 16 heavy (non-hydrogen) atoms. The standard InChI is InChI=1S/C10H17NO3S2/c12-16(13,8-1-2-8)11-4-6-15-10-7-14-5-3-9(10)11/h8-10H,1-7H2/t9-,10+/m1/s1. The Morgan fingerprint density at radius 1 is 1.25 bits per heavy atom. The molecule has 0 spiro atoms. The highest BCUT2D eigenvalue weighted by atomic mass is 32.2. The van der Waals surface area contributed by atoms with Crippen molar-refractivity contribution in [2.75, 3.05) is 25.5 Å². The SMILES string of the molecule is O=S(=O)(C1CC1)N1CCS[C@H]2COCC[C@H]21.